The molecule has 0 bridgehead atoms. The van der Waals surface area contributed by atoms with Gasteiger partial charge in [0.1, 0.15) is 11.9 Å². The number of aliphatic carboxylic acids is 1. The fourth-order valence-corrected chi connectivity index (χ4v) is 7.77. The van der Waals surface area contributed by atoms with E-state index in [4.69, 9.17) is 16.7 Å². The van der Waals surface area contributed by atoms with Crippen molar-refractivity contribution in [1.82, 2.24) is 19.6 Å². The molecule has 3 unspecified atom stereocenters. The number of piperidine rings is 1. The number of nitrogens with zero attached hydrogens (tertiary/aromatic N) is 4. The van der Waals surface area contributed by atoms with Crippen molar-refractivity contribution in [3.63, 3.8) is 0 Å². The maximum Gasteiger partial charge on any atom is 0.321 e. The van der Waals surface area contributed by atoms with Crippen molar-refractivity contribution in [3.05, 3.63) is 88.0 Å². The summed E-state index contributed by atoms with van der Waals surface area (Å²) in [6.45, 7) is 9.95. The van der Waals surface area contributed by atoms with Crippen molar-refractivity contribution in [2.45, 2.75) is 83.3 Å². The molecule has 43 heavy (non-hydrogen) atoms. The third-order valence-electron chi connectivity index (χ3n) is 9.80. The maximum atomic E-state index is 14.3. The van der Waals surface area contributed by atoms with Crippen LogP contribution in [0, 0.1) is 17.7 Å². The number of likely N-dealkylation sites (N-methyl/N-ethyl adjacent to an activating group) is 1. The van der Waals surface area contributed by atoms with Crippen LogP contribution in [0.1, 0.15) is 80.8 Å². The molecule has 4 atom stereocenters. The summed E-state index contributed by atoms with van der Waals surface area (Å²) in [5.74, 6) is 0.0670. The Morgan fingerprint density at radius 1 is 1.12 bits per heavy atom. The van der Waals surface area contributed by atoms with Crippen LogP contribution in [0.4, 0.5) is 4.39 Å². The summed E-state index contributed by atoms with van der Waals surface area (Å²) in [5, 5.41) is 15.6. The summed E-state index contributed by atoms with van der Waals surface area (Å²) in [6.07, 6.45) is 4.74. The molecular weight excluding hydrogens is 563 g/mol. The highest BCUT2D eigenvalue weighted by Gasteiger charge is 2.42. The lowest BCUT2D eigenvalue weighted by Crippen LogP contribution is -2.47. The number of likely N-dealkylation sites (tertiary alicyclic amines) is 1. The van der Waals surface area contributed by atoms with E-state index in [2.05, 4.69) is 39.6 Å². The zero-order valence-electron chi connectivity index (χ0n) is 25.9. The molecule has 232 valence electrons. The number of benzene rings is 2. The Morgan fingerprint density at radius 2 is 1.84 bits per heavy atom. The fourth-order valence-electron chi connectivity index (χ4n) is 7.64. The van der Waals surface area contributed by atoms with E-state index in [9.17, 15) is 14.3 Å². The molecule has 5 rings (SSSR count). The first-order chi connectivity index (χ1) is 20.6. The Balaban J connectivity index is 1.26. The zero-order valence-corrected chi connectivity index (χ0v) is 26.7. The third-order valence-corrected chi connectivity index (χ3v) is 10.1. The summed E-state index contributed by atoms with van der Waals surface area (Å²) < 4.78 is 16.5. The molecular formula is C35H46ClFN4O2. The van der Waals surface area contributed by atoms with E-state index in [-0.39, 0.29) is 23.7 Å². The third kappa shape index (κ3) is 7.50. The summed E-state index contributed by atoms with van der Waals surface area (Å²) in [6, 6.07) is 16.9. The topological polar surface area (TPSA) is 61.6 Å². The second-order valence-corrected chi connectivity index (χ2v) is 13.4. The van der Waals surface area contributed by atoms with E-state index in [1.165, 1.54) is 17.3 Å². The minimum atomic E-state index is -0.770. The van der Waals surface area contributed by atoms with Crippen LogP contribution in [0.5, 0.6) is 0 Å². The van der Waals surface area contributed by atoms with E-state index in [0.717, 1.165) is 74.6 Å². The minimum absolute atomic E-state index is 0.0106. The number of hydrogen-bond acceptors (Lipinski definition) is 4. The van der Waals surface area contributed by atoms with Gasteiger partial charge in [0.15, 0.2) is 0 Å². The number of carboxylic acids is 1. The molecule has 3 aromatic rings. The van der Waals surface area contributed by atoms with E-state index >= 15 is 0 Å². The quantitative estimate of drug-likeness (QED) is 0.252. The lowest BCUT2D eigenvalue weighted by atomic mass is 9.87. The first-order valence-corrected chi connectivity index (χ1v) is 16.2. The lowest BCUT2D eigenvalue weighted by Gasteiger charge is -2.35. The molecule has 0 amide bonds. The van der Waals surface area contributed by atoms with Gasteiger partial charge in [0.2, 0.25) is 0 Å². The van der Waals surface area contributed by atoms with Gasteiger partial charge >= 0.3 is 5.97 Å². The molecule has 2 heterocycles. The number of carboxylic acid groups (broad SMARTS) is 1. The highest BCUT2D eigenvalue weighted by molar-refractivity contribution is 6.30. The number of aromatic nitrogens is 2. The van der Waals surface area contributed by atoms with Gasteiger partial charge in [-0.1, -0.05) is 49.7 Å². The Morgan fingerprint density at radius 3 is 2.47 bits per heavy atom. The first kappa shape index (κ1) is 31.7. The molecule has 1 aliphatic carbocycles. The van der Waals surface area contributed by atoms with Gasteiger partial charge in [0.25, 0.3) is 0 Å². The summed E-state index contributed by atoms with van der Waals surface area (Å²) in [7, 11) is 1.96. The van der Waals surface area contributed by atoms with Gasteiger partial charge in [-0.25, -0.2) is 4.39 Å². The van der Waals surface area contributed by atoms with Crippen LogP contribution in [-0.4, -0.2) is 69.4 Å². The maximum absolute atomic E-state index is 14.3. The molecule has 0 radical (unpaired) electrons. The summed E-state index contributed by atoms with van der Waals surface area (Å²) in [4.78, 5) is 16.8. The van der Waals surface area contributed by atoms with Crippen LogP contribution in [0.25, 0.3) is 0 Å². The minimum Gasteiger partial charge on any atom is -0.480 e. The van der Waals surface area contributed by atoms with Gasteiger partial charge in [0.05, 0.1) is 5.69 Å². The van der Waals surface area contributed by atoms with Gasteiger partial charge in [-0.2, -0.15) is 5.10 Å². The molecule has 6 nitrogen and oxygen atoms in total. The Bertz CT molecular complexity index is 1370. The highest BCUT2D eigenvalue weighted by atomic mass is 35.5. The van der Waals surface area contributed by atoms with Crippen molar-refractivity contribution < 1.29 is 14.3 Å². The Labute approximate surface area is 260 Å². The molecule has 1 saturated heterocycles. The van der Waals surface area contributed by atoms with E-state index < -0.39 is 12.0 Å². The molecule has 8 heteroatoms. The van der Waals surface area contributed by atoms with Crippen LogP contribution in [0.15, 0.2) is 54.6 Å². The smallest absolute Gasteiger partial charge is 0.321 e. The molecule has 1 aliphatic heterocycles. The molecule has 1 saturated carbocycles. The standard InChI is InChI=1S/C35H46ClFN4O2/c1-5-41-33(20-30(38-41)17-24-9-11-28(36)12-10-24)25-13-15-40(16-14-25)22-27-19-31(39(4)34(23(2)3)35(42)43)21-32(27)26-7-6-8-29(37)18-26/h6-12,18,20,23,25,27,31-32,34H,5,13-17,19,21-22H2,1-4H3,(H,42,43)/t27?,31?,32?,34-/m1/s1. The first-order valence-electron chi connectivity index (χ1n) is 15.9. The second kappa shape index (κ2) is 13.9. The number of aryl methyl sites for hydroxylation is 1. The average molecular weight is 609 g/mol. The Kier molecular flexibility index (Phi) is 10.3. The lowest BCUT2D eigenvalue weighted by molar-refractivity contribution is -0.145. The van der Waals surface area contributed by atoms with E-state index in [1.54, 1.807) is 12.1 Å². The predicted molar refractivity (Wildman–Crippen MR) is 170 cm³/mol. The summed E-state index contributed by atoms with van der Waals surface area (Å²) >= 11 is 6.07. The SMILES string of the molecule is CCn1nc(Cc2ccc(Cl)cc2)cc1C1CCN(CC2CC(N(C)[C@@H](C(=O)O)C(C)C)CC2c2cccc(F)c2)CC1. The Hall–Kier alpha value is -2.74. The number of halogens is 2. The van der Waals surface area contributed by atoms with Crippen molar-refractivity contribution in [2.75, 3.05) is 26.7 Å². The molecule has 1 aromatic heterocycles. The van der Waals surface area contributed by atoms with Crippen molar-refractivity contribution in [1.29, 1.82) is 0 Å². The number of rotatable bonds is 11. The molecule has 0 spiro atoms. The van der Waals surface area contributed by atoms with Gasteiger partial charge in [0, 0.05) is 42.2 Å². The van der Waals surface area contributed by atoms with E-state index in [1.807, 2.05) is 39.1 Å². The van der Waals surface area contributed by atoms with Crippen LogP contribution >= 0.6 is 11.6 Å². The van der Waals surface area contributed by atoms with Crippen LogP contribution in [0.2, 0.25) is 5.02 Å². The normalized spacial score (nSPS) is 22.5. The van der Waals surface area contributed by atoms with Crippen LogP contribution < -0.4 is 0 Å². The van der Waals surface area contributed by atoms with Crippen molar-refractivity contribution in [2.24, 2.45) is 11.8 Å². The largest absolute Gasteiger partial charge is 0.480 e. The van der Waals surface area contributed by atoms with Crippen molar-refractivity contribution >= 4 is 17.6 Å². The van der Waals surface area contributed by atoms with Crippen LogP contribution in [0.3, 0.4) is 0 Å². The number of carbonyl (C=O) groups is 1. The molecule has 1 N–H and O–H groups in total. The fraction of sp³-hybridized carbons (Fsp3) is 0.543. The second-order valence-electron chi connectivity index (χ2n) is 13.0. The van der Waals surface area contributed by atoms with Gasteiger partial charge in [-0.15, -0.1) is 0 Å². The number of hydrogen-bond donors (Lipinski definition) is 1. The molecule has 2 aliphatic rings. The van der Waals surface area contributed by atoms with Gasteiger partial charge < -0.3 is 10.0 Å². The van der Waals surface area contributed by atoms with E-state index in [0.29, 0.717) is 11.8 Å². The molecule has 2 fully saturated rings. The molecule has 2 aromatic carbocycles. The predicted octanol–water partition coefficient (Wildman–Crippen LogP) is 7.07. The monoisotopic (exact) mass is 608 g/mol. The average Bonchev–Trinajstić information content (AvgIpc) is 3.58. The zero-order chi connectivity index (χ0) is 30.7. The highest BCUT2D eigenvalue weighted by Crippen LogP contribution is 2.43. The van der Waals surface area contributed by atoms with Crippen molar-refractivity contribution in [3.8, 4) is 0 Å². The van der Waals surface area contributed by atoms with Crippen LogP contribution in [-0.2, 0) is 17.8 Å². The van der Waals surface area contributed by atoms with Gasteiger partial charge in [-0.3, -0.25) is 14.4 Å². The summed E-state index contributed by atoms with van der Waals surface area (Å²) in [5.41, 5.74) is 4.68. The van der Waals surface area contributed by atoms with Gasteiger partial charge in [-0.05, 0) is 112 Å².